The standard InChI is InChI=1S/2C21H26F2O3.C21H27FO4.C21H27FO3.CH4/c1-4-5-14-12-21(16(6-7-26-21)10-19(14)24)13(2)8-15-9-18(23)20(25-3)11-17(15)22;1-4-6-15-11-21(20(10-19(15)24)25-12-26-21)13(3)7-16-9-17(22)14(5-2)8-18(16)23;1-4-5-14-12-21(16(6-7-26-21)10-18(14)23)13(2)8-15-9-19(24)20(25-3)11-17(15)22;1-4-5-16-13-21(17(8-9-25-21)11-20(16)23)14(2)10-15-6-7-18(24-3)12-19(15)22;/h9-11,13-14H,4-8,12H2,1-3H3;8-10,13,15H,4-7,11-12H2,1-3H3;9-11,13-14,24H,4-8,12H2,1-3H3;6-7,11-12,14,16H,4-5,8-10,13H2,1-3H3;1H4/t13-,14+,21-;13-,15+,21-;13-,14+,21-;14-,16+,21-;/m1111./s1. The van der Waals surface area contributed by atoms with E-state index < -0.39 is 45.7 Å². The van der Waals surface area contributed by atoms with E-state index in [1.54, 1.807) is 37.3 Å². The minimum atomic E-state index is -0.736. The van der Waals surface area contributed by atoms with Crippen LogP contribution in [-0.4, -0.2) is 98.6 Å². The van der Waals surface area contributed by atoms with Crippen molar-refractivity contribution < 1.29 is 88.5 Å². The zero-order valence-corrected chi connectivity index (χ0v) is 62.2. The number of methoxy groups -OCH3 is 3. The van der Waals surface area contributed by atoms with Gasteiger partial charge in [-0.3, -0.25) is 19.2 Å². The fourth-order valence-electron chi connectivity index (χ4n) is 17.4. The Labute approximate surface area is 611 Å². The number of phenolic OH excluding ortho intramolecular Hbond substituents is 1. The predicted octanol–water partition coefficient (Wildman–Crippen LogP) is 18.7. The van der Waals surface area contributed by atoms with Gasteiger partial charge in [-0.2, -0.15) is 0 Å². The summed E-state index contributed by atoms with van der Waals surface area (Å²) in [7, 11) is 4.24. The smallest absolute Gasteiger partial charge is 0.189 e. The van der Waals surface area contributed by atoms with E-state index in [1.165, 1.54) is 57.7 Å². The molecule has 570 valence electrons. The van der Waals surface area contributed by atoms with Gasteiger partial charge in [-0.15, -0.1) is 0 Å². The molecule has 19 heteroatoms. The van der Waals surface area contributed by atoms with Gasteiger partial charge in [0.25, 0.3) is 0 Å². The SMILES string of the molecule is C.CCC[C@H]1C[C@]2([C@H](C)Cc3cc(F)c(CC)cc3F)OCOC2=CC1=O.CCC[C@H]1C[C@]2([C@H](C)Cc3cc(F)c(OC)cc3F)OCCC2=CC1=O.CCC[C@H]1C[C@]2([C@H](C)Cc3cc(O)c(OC)cc3F)OCCC2=CC1=O.CCC[C@H]1C[C@]2([C@H](C)Cc3ccc(OC)cc3F)OCCC2=CC1=O. The first kappa shape index (κ1) is 82.6. The van der Waals surface area contributed by atoms with Crippen LogP contribution in [0.2, 0.25) is 0 Å². The van der Waals surface area contributed by atoms with E-state index in [2.05, 4.69) is 27.7 Å². The molecule has 4 heterocycles. The molecular formula is C85H110F6O13. The van der Waals surface area contributed by atoms with Gasteiger partial charge in [0.1, 0.15) is 46.2 Å². The summed E-state index contributed by atoms with van der Waals surface area (Å²) < 4.78 is 131. The van der Waals surface area contributed by atoms with Crippen LogP contribution in [0.15, 0.2) is 101 Å². The van der Waals surface area contributed by atoms with Crippen LogP contribution in [0.4, 0.5) is 26.3 Å². The van der Waals surface area contributed by atoms with Gasteiger partial charge >= 0.3 is 0 Å². The van der Waals surface area contributed by atoms with Crippen molar-refractivity contribution in [2.45, 2.75) is 221 Å². The molecule has 4 aliphatic carbocycles. The number of aryl methyl sites for hydroxylation is 1. The highest BCUT2D eigenvalue weighted by atomic mass is 19.1. The third kappa shape index (κ3) is 17.6. The lowest BCUT2D eigenvalue weighted by Gasteiger charge is -2.41. The number of hydrogen-bond donors (Lipinski definition) is 1. The van der Waals surface area contributed by atoms with E-state index >= 15 is 0 Å². The second-order valence-electron chi connectivity index (χ2n) is 29.6. The van der Waals surface area contributed by atoms with Crippen LogP contribution in [0.25, 0.3) is 0 Å². The minimum absolute atomic E-state index is 0. The van der Waals surface area contributed by atoms with E-state index in [9.17, 15) is 50.6 Å². The highest BCUT2D eigenvalue weighted by Crippen LogP contribution is 2.52. The first-order valence-electron chi connectivity index (χ1n) is 37.3. The molecule has 4 aromatic carbocycles. The Morgan fingerprint density at radius 3 is 1.20 bits per heavy atom. The summed E-state index contributed by atoms with van der Waals surface area (Å²) in [4.78, 5) is 49.4. The van der Waals surface area contributed by atoms with E-state index in [4.69, 9.17) is 37.9 Å². The third-order valence-electron chi connectivity index (χ3n) is 23.2. The van der Waals surface area contributed by atoms with Gasteiger partial charge in [0, 0.05) is 47.9 Å². The maximum atomic E-state index is 14.4. The van der Waals surface area contributed by atoms with E-state index in [1.807, 2.05) is 33.8 Å². The lowest BCUT2D eigenvalue weighted by atomic mass is 9.68. The van der Waals surface area contributed by atoms with Gasteiger partial charge in [0.15, 0.2) is 53.0 Å². The summed E-state index contributed by atoms with van der Waals surface area (Å²) in [5.41, 5.74) is 3.08. The number of halogens is 6. The van der Waals surface area contributed by atoms with Crippen molar-refractivity contribution in [2.75, 3.05) is 47.9 Å². The summed E-state index contributed by atoms with van der Waals surface area (Å²) in [6.45, 7) is 20.1. The van der Waals surface area contributed by atoms with E-state index in [0.717, 1.165) is 99.8 Å². The van der Waals surface area contributed by atoms with Crippen molar-refractivity contribution in [1.29, 1.82) is 0 Å². The first-order valence-corrected chi connectivity index (χ1v) is 37.3. The molecule has 12 rings (SSSR count). The number of hydrogen-bond acceptors (Lipinski definition) is 13. The third-order valence-corrected chi connectivity index (χ3v) is 23.2. The number of rotatable bonds is 24. The molecule has 13 nitrogen and oxygen atoms in total. The second-order valence-corrected chi connectivity index (χ2v) is 29.6. The van der Waals surface area contributed by atoms with Gasteiger partial charge in [-0.1, -0.05) is 101 Å². The molecule has 0 spiro atoms. The van der Waals surface area contributed by atoms with Gasteiger partial charge in [0.05, 0.1) is 58.0 Å². The summed E-state index contributed by atoms with van der Waals surface area (Å²) in [6, 6.07) is 12.5. The molecule has 4 aromatic rings. The quantitative estimate of drug-likeness (QED) is 0.0660. The average molecular weight is 1450 g/mol. The van der Waals surface area contributed by atoms with Crippen LogP contribution in [0, 0.1) is 82.2 Å². The lowest BCUT2D eigenvalue weighted by Crippen LogP contribution is -2.45. The molecule has 1 N–H and O–H groups in total. The van der Waals surface area contributed by atoms with Gasteiger partial charge < -0.3 is 43.0 Å². The molecule has 0 aromatic heterocycles. The van der Waals surface area contributed by atoms with Crippen molar-refractivity contribution in [2.24, 2.45) is 47.3 Å². The Balaban J connectivity index is 0.000000175. The van der Waals surface area contributed by atoms with Crippen molar-refractivity contribution in [3.05, 3.63) is 164 Å². The number of ether oxygens (including phenoxy) is 8. The molecule has 0 radical (unpaired) electrons. The van der Waals surface area contributed by atoms with Crippen LogP contribution in [-0.2, 0) is 75.0 Å². The van der Waals surface area contributed by atoms with Crippen LogP contribution >= 0.6 is 0 Å². The molecule has 0 saturated carbocycles. The minimum Gasteiger partial charge on any atom is -0.504 e. The summed E-state index contributed by atoms with van der Waals surface area (Å²) in [5.74, 6) is -1.06. The Hall–Kier alpha value is -7.06. The van der Waals surface area contributed by atoms with Gasteiger partial charge in [0.2, 0.25) is 0 Å². The van der Waals surface area contributed by atoms with Crippen LogP contribution in [0.3, 0.4) is 0 Å². The van der Waals surface area contributed by atoms with Crippen LogP contribution in [0.5, 0.6) is 23.0 Å². The van der Waals surface area contributed by atoms with Crippen LogP contribution < -0.4 is 14.2 Å². The first-order chi connectivity index (χ1) is 49.2. The molecule has 0 amide bonds. The largest absolute Gasteiger partial charge is 0.504 e. The average Bonchev–Trinajstić information content (AvgIpc) is 1.54. The van der Waals surface area contributed by atoms with E-state index in [0.29, 0.717) is 111 Å². The Bertz CT molecular complexity index is 3550. The predicted molar refractivity (Wildman–Crippen MR) is 389 cm³/mol. The molecular weight excluding hydrogens is 1340 g/mol. The molecule has 12 atom stereocenters. The number of fused-ring (bicyclic) bond motifs is 4. The number of phenols is 1. The highest BCUT2D eigenvalue weighted by molar-refractivity contribution is 5.95. The summed E-state index contributed by atoms with van der Waals surface area (Å²) >= 11 is 0. The molecule has 0 bridgehead atoms. The van der Waals surface area contributed by atoms with Crippen molar-refractivity contribution in [1.82, 2.24) is 0 Å². The molecule has 8 aliphatic rings. The zero-order chi connectivity index (χ0) is 74.7. The Morgan fingerprint density at radius 1 is 0.433 bits per heavy atom. The maximum absolute atomic E-state index is 14.4. The Kier molecular flexibility index (Phi) is 28.6. The number of carbonyl (C=O) groups excluding carboxylic acids is 4. The fourth-order valence-corrected chi connectivity index (χ4v) is 17.4. The Morgan fingerprint density at radius 2 is 0.788 bits per heavy atom. The van der Waals surface area contributed by atoms with Crippen molar-refractivity contribution in [3.63, 3.8) is 0 Å². The topological polar surface area (TPSA) is 162 Å². The lowest BCUT2D eigenvalue weighted by molar-refractivity contribution is -0.124. The molecule has 4 aliphatic heterocycles. The summed E-state index contributed by atoms with van der Waals surface area (Å²) in [5, 5.41) is 9.99. The number of aromatic hydroxyl groups is 1. The second kappa shape index (κ2) is 36.0. The number of carbonyl (C=O) groups is 4. The molecule has 104 heavy (non-hydrogen) atoms. The molecule has 4 saturated heterocycles. The van der Waals surface area contributed by atoms with Crippen molar-refractivity contribution >= 4 is 23.1 Å². The maximum Gasteiger partial charge on any atom is 0.189 e. The number of ketones is 4. The molecule has 0 unspecified atom stereocenters. The highest BCUT2D eigenvalue weighted by Gasteiger charge is 2.54. The van der Waals surface area contributed by atoms with Gasteiger partial charge in [-0.05, 0) is 220 Å². The summed E-state index contributed by atoms with van der Waals surface area (Å²) in [6.07, 6.45) is 21.0. The number of benzene rings is 4. The number of allylic oxidation sites excluding steroid dienone is 4. The van der Waals surface area contributed by atoms with Crippen LogP contribution in [0.1, 0.15) is 194 Å². The fraction of sp³-hybridized carbons (Fsp3) is 0.576. The monoisotopic (exact) mass is 1450 g/mol. The van der Waals surface area contributed by atoms with Crippen molar-refractivity contribution in [3.8, 4) is 23.0 Å². The van der Waals surface area contributed by atoms with E-state index in [-0.39, 0.29) is 114 Å². The molecule has 4 fully saturated rings. The zero-order valence-electron chi connectivity index (χ0n) is 62.2. The normalized spacial score (nSPS) is 26.2. The van der Waals surface area contributed by atoms with Gasteiger partial charge in [-0.25, -0.2) is 26.3 Å².